The summed E-state index contributed by atoms with van der Waals surface area (Å²) in [7, 11) is 3.48. The number of pyridine rings is 3. The molecule has 0 saturated heterocycles. The highest BCUT2D eigenvalue weighted by molar-refractivity contribution is 5.94. The van der Waals surface area contributed by atoms with Gasteiger partial charge < -0.3 is 15.2 Å². The summed E-state index contributed by atoms with van der Waals surface area (Å²) in [5.74, 6) is 6.67. The number of anilines is 1. The van der Waals surface area contributed by atoms with Crippen LogP contribution in [0.5, 0.6) is 0 Å². The summed E-state index contributed by atoms with van der Waals surface area (Å²) < 4.78 is 3.62. The van der Waals surface area contributed by atoms with Gasteiger partial charge in [0.2, 0.25) is 5.91 Å². The van der Waals surface area contributed by atoms with Gasteiger partial charge in [-0.1, -0.05) is 12.0 Å². The van der Waals surface area contributed by atoms with Gasteiger partial charge >= 0.3 is 0 Å². The molecule has 4 aromatic heterocycles. The quantitative estimate of drug-likeness (QED) is 0.376. The van der Waals surface area contributed by atoms with E-state index in [4.69, 9.17) is 4.98 Å². The number of aromatic nitrogens is 4. The lowest BCUT2D eigenvalue weighted by Gasteiger charge is -2.12. The molecule has 8 heteroatoms. The molecule has 5 aromatic rings. The molecule has 0 radical (unpaired) electrons. The zero-order valence-electron chi connectivity index (χ0n) is 21.0. The van der Waals surface area contributed by atoms with Crippen LogP contribution in [0.15, 0.2) is 71.7 Å². The van der Waals surface area contributed by atoms with Crippen LogP contribution in [0, 0.1) is 18.8 Å². The minimum atomic E-state index is -0.370. The number of carbonyl (C=O) groups is 1. The number of likely N-dealkylation sites (N-methyl/N-ethyl adjacent to an activating group) is 1. The Bertz CT molecular complexity index is 1790. The predicted molar refractivity (Wildman–Crippen MR) is 145 cm³/mol. The van der Waals surface area contributed by atoms with Gasteiger partial charge in [-0.3, -0.25) is 14.0 Å². The number of fused-ring (bicyclic) bond motifs is 2. The van der Waals surface area contributed by atoms with Crippen LogP contribution in [0.25, 0.3) is 27.8 Å². The first-order chi connectivity index (χ1) is 17.9. The molecule has 0 spiro atoms. The number of amides is 1. The van der Waals surface area contributed by atoms with Gasteiger partial charge in [-0.15, -0.1) is 0 Å². The first-order valence-electron chi connectivity index (χ1n) is 11.9. The number of carbonyl (C=O) groups excluding carboxylic acids is 1. The number of benzene rings is 1. The maximum Gasteiger partial charge on any atom is 0.250 e. The summed E-state index contributed by atoms with van der Waals surface area (Å²) in [5.41, 5.74) is 5.46. The minimum absolute atomic E-state index is 0.0602. The van der Waals surface area contributed by atoms with Crippen molar-refractivity contribution < 1.29 is 4.79 Å². The molecular formula is C29H26N6O2. The average molecular weight is 491 g/mol. The lowest BCUT2D eigenvalue weighted by atomic mass is 10.1. The second kappa shape index (κ2) is 9.72. The molecule has 37 heavy (non-hydrogen) atoms. The Balaban J connectivity index is 1.63. The van der Waals surface area contributed by atoms with E-state index in [2.05, 4.69) is 27.5 Å². The third-order valence-corrected chi connectivity index (χ3v) is 6.38. The van der Waals surface area contributed by atoms with Crippen LogP contribution in [0.4, 0.5) is 5.82 Å². The molecule has 0 aliphatic heterocycles. The molecule has 1 amide bonds. The van der Waals surface area contributed by atoms with Crippen molar-refractivity contribution in [3.05, 3.63) is 94.2 Å². The van der Waals surface area contributed by atoms with Gasteiger partial charge in [0, 0.05) is 30.4 Å². The van der Waals surface area contributed by atoms with Crippen molar-refractivity contribution in [3.8, 4) is 23.1 Å². The van der Waals surface area contributed by atoms with E-state index in [0.29, 0.717) is 11.5 Å². The van der Waals surface area contributed by atoms with E-state index in [1.54, 1.807) is 43.8 Å². The van der Waals surface area contributed by atoms with Crippen LogP contribution in [0.3, 0.4) is 0 Å². The Morgan fingerprint density at radius 3 is 2.68 bits per heavy atom. The van der Waals surface area contributed by atoms with Gasteiger partial charge in [0.1, 0.15) is 17.2 Å². The minimum Gasteiger partial charge on any atom is -0.311 e. The first-order valence-corrected chi connectivity index (χ1v) is 11.9. The van der Waals surface area contributed by atoms with E-state index in [1.807, 2.05) is 60.0 Å². The molecule has 2 N–H and O–H groups in total. The maximum atomic E-state index is 12.5. The van der Waals surface area contributed by atoms with E-state index in [1.165, 1.54) is 0 Å². The summed E-state index contributed by atoms with van der Waals surface area (Å²) in [6.45, 7) is 3.74. The van der Waals surface area contributed by atoms with Crippen molar-refractivity contribution in [2.45, 2.75) is 19.9 Å². The summed E-state index contributed by atoms with van der Waals surface area (Å²) in [6.07, 6.45) is 1.96. The fraction of sp³-hybridized carbons (Fsp3) is 0.172. The lowest BCUT2D eigenvalue weighted by Crippen LogP contribution is -2.35. The van der Waals surface area contributed by atoms with Crippen LogP contribution in [0.1, 0.15) is 23.9 Å². The van der Waals surface area contributed by atoms with Crippen LogP contribution < -0.4 is 16.2 Å². The Kier molecular flexibility index (Phi) is 6.30. The molecule has 1 unspecified atom stereocenters. The highest BCUT2D eigenvalue weighted by Gasteiger charge is 2.17. The van der Waals surface area contributed by atoms with Gasteiger partial charge in [0.05, 0.1) is 22.9 Å². The van der Waals surface area contributed by atoms with Gasteiger partial charge in [-0.05, 0) is 80.7 Å². The molecule has 0 fully saturated rings. The third kappa shape index (κ3) is 4.60. The molecule has 0 aliphatic carbocycles. The van der Waals surface area contributed by atoms with Crippen molar-refractivity contribution in [1.82, 2.24) is 24.3 Å². The van der Waals surface area contributed by atoms with Crippen molar-refractivity contribution in [2.75, 3.05) is 12.4 Å². The summed E-state index contributed by atoms with van der Waals surface area (Å²) in [5, 5.41) is 6.70. The number of imidazole rings is 1. The third-order valence-electron chi connectivity index (χ3n) is 6.38. The van der Waals surface area contributed by atoms with Crippen molar-refractivity contribution in [2.24, 2.45) is 7.05 Å². The molecule has 5 rings (SSSR count). The number of rotatable bonds is 4. The SMILES string of the molecule is CNC(C)C(=O)Nc1ccc(-c2c(C)nc3ccccn23)c(C#Cc2ccc3c(ccc(=O)n3C)c2)n1. The van der Waals surface area contributed by atoms with E-state index < -0.39 is 0 Å². The second-order valence-corrected chi connectivity index (χ2v) is 8.82. The van der Waals surface area contributed by atoms with Gasteiger partial charge in [-0.2, -0.15) is 0 Å². The molecule has 0 saturated carbocycles. The lowest BCUT2D eigenvalue weighted by molar-refractivity contribution is -0.117. The molecule has 0 bridgehead atoms. The molecule has 1 aromatic carbocycles. The van der Waals surface area contributed by atoms with Gasteiger partial charge in [0.25, 0.3) is 5.56 Å². The van der Waals surface area contributed by atoms with Crippen LogP contribution in [-0.2, 0) is 11.8 Å². The predicted octanol–water partition coefficient (Wildman–Crippen LogP) is 3.50. The van der Waals surface area contributed by atoms with Gasteiger partial charge in [-0.25, -0.2) is 9.97 Å². The molecule has 8 nitrogen and oxygen atoms in total. The summed E-state index contributed by atoms with van der Waals surface area (Å²) >= 11 is 0. The van der Waals surface area contributed by atoms with E-state index >= 15 is 0 Å². The molecule has 184 valence electrons. The fourth-order valence-electron chi connectivity index (χ4n) is 4.21. The molecule has 0 aliphatic rings. The maximum absolute atomic E-state index is 12.5. The molecule has 1 atom stereocenters. The topological polar surface area (TPSA) is 93.3 Å². The Morgan fingerprint density at radius 2 is 1.86 bits per heavy atom. The molecule has 4 heterocycles. The van der Waals surface area contributed by atoms with Crippen LogP contribution in [0.2, 0.25) is 0 Å². The number of nitrogens with one attached hydrogen (secondary N) is 2. The first kappa shape index (κ1) is 24.0. The Labute approximate surface area is 214 Å². The number of hydrogen-bond acceptors (Lipinski definition) is 5. The monoisotopic (exact) mass is 490 g/mol. The van der Waals surface area contributed by atoms with Crippen molar-refractivity contribution in [1.29, 1.82) is 0 Å². The van der Waals surface area contributed by atoms with Crippen LogP contribution in [-0.4, -0.2) is 37.9 Å². The zero-order chi connectivity index (χ0) is 26.1. The molecular weight excluding hydrogens is 464 g/mol. The second-order valence-electron chi connectivity index (χ2n) is 8.82. The Morgan fingerprint density at radius 1 is 1.03 bits per heavy atom. The van der Waals surface area contributed by atoms with E-state index in [-0.39, 0.29) is 17.5 Å². The van der Waals surface area contributed by atoms with E-state index in [0.717, 1.165) is 39.1 Å². The normalized spacial score (nSPS) is 11.8. The standard InChI is InChI=1S/C29H26N6O2/c1-18-28(35-16-6-5-7-26(35)31-18)22-11-14-25(33-29(37)19(2)30-3)32-23(22)12-8-20-9-13-24-21(17-20)10-15-27(36)34(24)4/h5-7,9-11,13-17,19,30H,1-4H3,(H,32,33,37). The zero-order valence-corrected chi connectivity index (χ0v) is 21.0. The highest BCUT2D eigenvalue weighted by Crippen LogP contribution is 2.28. The summed E-state index contributed by atoms with van der Waals surface area (Å²) in [4.78, 5) is 33.8. The van der Waals surface area contributed by atoms with E-state index in [9.17, 15) is 9.59 Å². The Hall–Kier alpha value is -4.74. The van der Waals surface area contributed by atoms with Gasteiger partial charge in [0.15, 0.2) is 0 Å². The summed E-state index contributed by atoms with van der Waals surface area (Å²) in [6, 6.07) is 18.2. The van der Waals surface area contributed by atoms with Crippen molar-refractivity contribution >= 4 is 28.3 Å². The largest absolute Gasteiger partial charge is 0.311 e. The average Bonchev–Trinajstić information content (AvgIpc) is 3.24. The van der Waals surface area contributed by atoms with Crippen molar-refractivity contribution in [3.63, 3.8) is 0 Å². The number of aryl methyl sites for hydroxylation is 2. The number of hydrogen-bond donors (Lipinski definition) is 2. The van der Waals surface area contributed by atoms with Crippen LogP contribution >= 0.6 is 0 Å². The fourth-order valence-corrected chi connectivity index (χ4v) is 4.21. The smallest absolute Gasteiger partial charge is 0.250 e. The number of nitrogens with zero attached hydrogens (tertiary/aromatic N) is 4. The highest BCUT2D eigenvalue weighted by atomic mass is 16.2.